The number of fused-ring (bicyclic) bond motifs is 1. The van der Waals surface area contributed by atoms with Crippen molar-refractivity contribution in [2.24, 2.45) is 0 Å². The summed E-state index contributed by atoms with van der Waals surface area (Å²) >= 11 is 14.1. The molecule has 0 radical (unpaired) electrons. The Morgan fingerprint density at radius 3 is 2.88 bits per heavy atom. The van der Waals surface area contributed by atoms with Gasteiger partial charge in [-0.25, -0.2) is 14.2 Å². The van der Waals surface area contributed by atoms with Crippen LogP contribution in [-0.4, -0.2) is 34.5 Å². The molecule has 7 nitrogen and oxygen atoms in total. The Kier molecular flexibility index (Phi) is 7.79. The highest BCUT2D eigenvalue weighted by Gasteiger charge is 2.23. The molecule has 3 heterocycles. The van der Waals surface area contributed by atoms with Crippen LogP contribution in [0.1, 0.15) is 29.7 Å². The number of carbonyl (C=O) groups excluding carboxylic acids is 1. The Bertz CT molecular complexity index is 1160. The first-order valence-corrected chi connectivity index (χ1v) is 12.4. The number of rotatable bonds is 7. The van der Waals surface area contributed by atoms with Crippen LogP contribution in [0.4, 0.5) is 9.18 Å². The number of nitrogens with zero attached hydrogens (tertiary/aromatic N) is 3. The second-order valence-electron chi connectivity index (χ2n) is 7.20. The van der Waals surface area contributed by atoms with E-state index in [4.69, 9.17) is 27.9 Å². The van der Waals surface area contributed by atoms with Crippen LogP contribution in [-0.2, 0) is 13.0 Å². The first-order valence-electron chi connectivity index (χ1n) is 10.0. The first kappa shape index (κ1) is 23.9. The van der Waals surface area contributed by atoms with E-state index in [-0.39, 0.29) is 12.4 Å². The van der Waals surface area contributed by atoms with Crippen molar-refractivity contribution < 1.29 is 13.9 Å². The van der Waals surface area contributed by atoms with E-state index >= 15 is 4.39 Å². The number of ether oxygens (including phenoxy) is 1. The van der Waals surface area contributed by atoms with Crippen molar-refractivity contribution in [2.45, 2.75) is 30.0 Å². The van der Waals surface area contributed by atoms with Crippen LogP contribution in [0, 0.1) is 0 Å². The number of allylic oxidation sites excluding steroid dienone is 1. The highest BCUT2D eigenvalue weighted by Crippen LogP contribution is 2.36. The van der Waals surface area contributed by atoms with Crippen molar-refractivity contribution >= 4 is 58.1 Å². The number of aryl methyl sites for hydroxylation is 1. The molecule has 3 aromatic rings. The monoisotopic (exact) mass is 527 g/mol. The van der Waals surface area contributed by atoms with Crippen LogP contribution in [0.2, 0.25) is 9.36 Å². The fourth-order valence-corrected chi connectivity index (χ4v) is 5.78. The van der Waals surface area contributed by atoms with Gasteiger partial charge in [-0.3, -0.25) is 9.40 Å². The van der Waals surface area contributed by atoms with Crippen molar-refractivity contribution in [2.75, 3.05) is 13.7 Å². The van der Waals surface area contributed by atoms with E-state index < -0.39 is 6.03 Å². The number of pyridine rings is 1. The number of carbonyl (C=O) groups is 1. The third-order valence-electron chi connectivity index (χ3n) is 5.01. The molecule has 0 aliphatic heterocycles. The van der Waals surface area contributed by atoms with Crippen molar-refractivity contribution in [3.8, 4) is 5.88 Å². The zero-order valence-electron chi connectivity index (χ0n) is 17.5. The molecule has 0 atom stereocenters. The minimum atomic E-state index is -0.509. The van der Waals surface area contributed by atoms with Gasteiger partial charge in [-0.1, -0.05) is 29.3 Å². The summed E-state index contributed by atoms with van der Waals surface area (Å²) in [6, 6.07) is 4.83. The standard InChI is InChI=1S/C21H20Cl2FN5O2S2/c1-31-17-6-5-12(8-25-17)11-29-19-13(9-27-29)3-2-4-14(19)16(24)10-26-21(30)28-33-18-7-15(22)20(23)32-18/h5-9H,2-4,10-11H2,1H3,(H2,26,28,30)/b16-14-. The molecular weight excluding hydrogens is 508 g/mol. The number of urea groups is 1. The number of methoxy groups -OCH3 is 1. The average Bonchev–Trinajstić information content (AvgIpc) is 3.38. The van der Waals surface area contributed by atoms with Gasteiger partial charge in [0.25, 0.3) is 0 Å². The SMILES string of the molecule is COc1ccc(Cn2ncc3c2/C(=C(\F)CNC(=O)NSc2cc(Cl)c(Cl)s2)CCC3)cn1. The van der Waals surface area contributed by atoms with Gasteiger partial charge in [0.2, 0.25) is 5.88 Å². The molecule has 174 valence electrons. The fraction of sp³-hybridized carbons (Fsp3) is 0.286. The summed E-state index contributed by atoms with van der Waals surface area (Å²) in [5.41, 5.74) is 3.27. The third kappa shape index (κ3) is 5.81. The molecule has 2 amide bonds. The van der Waals surface area contributed by atoms with Crippen LogP contribution in [0.25, 0.3) is 5.57 Å². The summed E-state index contributed by atoms with van der Waals surface area (Å²) in [5.74, 6) is 0.147. The molecule has 0 saturated carbocycles. The molecule has 0 bridgehead atoms. The molecule has 0 saturated heterocycles. The molecule has 33 heavy (non-hydrogen) atoms. The molecule has 1 aliphatic rings. The van der Waals surface area contributed by atoms with Gasteiger partial charge in [0, 0.05) is 17.8 Å². The van der Waals surface area contributed by atoms with Crippen LogP contribution in [0.5, 0.6) is 5.88 Å². The van der Waals surface area contributed by atoms with Gasteiger partial charge in [0.1, 0.15) is 10.2 Å². The van der Waals surface area contributed by atoms with E-state index in [1.165, 1.54) is 11.3 Å². The van der Waals surface area contributed by atoms with E-state index in [2.05, 4.69) is 20.1 Å². The van der Waals surface area contributed by atoms with Gasteiger partial charge < -0.3 is 10.1 Å². The summed E-state index contributed by atoms with van der Waals surface area (Å²) in [7, 11) is 1.56. The topological polar surface area (TPSA) is 81.1 Å². The van der Waals surface area contributed by atoms with Crippen molar-refractivity contribution in [1.29, 1.82) is 0 Å². The van der Waals surface area contributed by atoms with Crippen molar-refractivity contribution in [3.63, 3.8) is 0 Å². The predicted molar refractivity (Wildman–Crippen MR) is 130 cm³/mol. The zero-order chi connectivity index (χ0) is 23.4. The molecule has 0 fully saturated rings. The quantitative estimate of drug-likeness (QED) is 0.383. The zero-order valence-corrected chi connectivity index (χ0v) is 20.7. The van der Waals surface area contributed by atoms with Crippen molar-refractivity contribution in [3.05, 3.63) is 62.6 Å². The predicted octanol–water partition coefficient (Wildman–Crippen LogP) is 5.73. The number of aromatic nitrogens is 3. The normalized spacial score (nSPS) is 14.5. The van der Waals surface area contributed by atoms with E-state index in [9.17, 15) is 4.79 Å². The number of hydrogen-bond donors (Lipinski definition) is 2. The summed E-state index contributed by atoms with van der Waals surface area (Å²) in [4.78, 5) is 16.3. The maximum Gasteiger partial charge on any atom is 0.325 e. The summed E-state index contributed by atoms with van der Waals surface area (Å²) < 4.78 is 25.8. The van der Waals surface area contributed by atoms with E-state index in [1.54, 1.807) is 36.3 Å². The molecular formula is C21H20Cl2FN5O2S2. The van der Waals surface area contributed by atoms with Gasteiger partial charge >= 0.3 is 6.03 Å². The maximum absolute atomic E-state index is 15.2. The average molecular weight is 528 g/mol. The van der Waals surface area contributed by atoms with E-state index in [0.717, 1.165) is 45.8 Å². The molecule has 12 heteroatoms. The third-order valence-corrected chi connectivity index (χ3v) is 7.78. The van der Waals surface area contributed by atoms with Gasteiger partial charge in [-0.05, 0) is 48.4 Å². The number of nitrogens with one attached hydrogen (secondary N) is 2. The lowest BCUT2D eigenvalue weighted by molar-refractivity contribution is 0.246. The fourth-order valence-electron chi connectivity index (χ4n) is 3.49. The van der Waals surface area contributed by atoms with Crippen LogP contribution in [0.3, 0.4) is 0 Å². The Labute approximate surface area is 208 Å². The second-order valence-corrected chi connectivity index (χ2v) is 10.4. The Hall–Kier alpha value is -2.27. The summed E-state index contributed by atoms with van der Waals surface area (Å²) in [6.07, 6.45) is 5.74. The number of hydrogen-bond acceptors (Lipinski definition) is 6. The largest absolute Gasteiger partial charge is 0.481 e. The van der Waals surface area contributed by atoms with Crippen LogP contribution < -0.4 is 14.8 Å². The lowest BCUT2D eigenvalue weighted by Crippen LogP contribution is -2.32. The summed E-state index contributed by atoms with van der Waals surface area (Å²) in [6.45, 7) is 0.238. The molecule has 2 N–H and O–H groups in total. The number of amides is 2. The van der Waals surface area contributed by atoms with Gasteiger partial charge in [-0.15, -0.1) is 11.3 Å². The van der Waals surface area contributed by atoms with Crippen LogP contribution >= 0.6 is 46.5 Å². The van der Waals surface area contributed by atoms with E-state index in [1.807, 2.05) is 6.07 Å². The minimum Gasteiger partial charge on any atom is -0.481 e. The molecule has 0 aromatic carbocycles. The van der Waals surface area contributed by atoms with Gasteiger partial charge in [0.05, 0.1) is 41.3 Å². The molecule has 0 unspecified atom stereocenters. The highest BCUT2D eigenvalue weighted by molar-refractivity contribution is 7.99. The number of halogens is 3. The smallest absolute Gasteiger partial charge is 0.325 e. The molecule has 4 rings (SSSR count). The highest BCUT2D eigenvalue weighted by atomic mass is 35.5. The lowest BCUT2D eigenvalue weighted by Gasteiger charge is -2.19. The summed E-state index contributed by atoms with van der Waals surface area (Å²) in [5, 5.41) is 7.45. The Morgan fingerprint density at radius 2 is 2.18 bits per heavy atom. The molecule has 3 aromatic heterocycles. The lowest BCUT2D eigenvalue weighted by atomic mass is 9.92. The van der Waals surface area contributed by atoms with E-state index in [0.29, 0.717) is 33.8 Å². The van der Waals surface area contributed by atoms with Gasteiger partial charge in [-0.2, -0.15) is 5.10 Å². The molecule has 1 aliphatic carbocycles. The van der Waals surface area contributed by atoms with Crippen molar-refractivity contribution in [1.82, 2.24) is 24.8 Å². The van der Waals surface area contributed by atoms with Gasteiger partial charge in [0.15, 0.2) is 0 Å². The molecule has 0 spiro atoms. The maximum atomic E-state index is 15.2. The number of thiophene rings is 1. The van der Waals surface area contributed by atoms with Crippen LogP contribution in [0.15, 0.2) is 40.6 Å². The Balaban J connectivity index is 1.42. The second kappa shape index (κ2) is 10.8. The Morgan fingerprint density at radius 1 is 1.33 bits per heavy atom. The first-order chi connectivity index (χ1) is 15.9. The minimum absolute atomic E-state index is 0.220.